The Morgan fingerprint density at radius 2 is 0.964 bits per heavy atom. The van der Waals surface area contributed by atoms with Gasteiger partial charge in [-0.2, -0.15) is 0 Å². The van der Waals surface area contributed by atoms with Crippen LogP contribution in [-0.2, 0) is 28.5 Å². The zero-order valence-electron chi connectivity index (χ0n) is 35.2. The van der Waals surface area contributed by atoms with Gasteiger partial charge in [-0.3, -0.25) is 9.59 Å². The second-order valence-corrected chi connectivity index (χ2v) is 15.9. The number of carbonyl (C=O) groups excluding carboxylic acids is 2. The second kappa shape index (κ2) is 36.8. The Kier molecular flexibility index (Phi) is 34.4. The highest BCUT2D eigenvalue weighted by Gasteiger charge is 2.44. The number of allylic oxidation sites excluding steroid dienone is 2. The molecule has 324 valence electrons. The highest BCUT2D eigenvalue weighted by Crippen LogP contribution is 2.23. The molecule has 0 amide bonds. The molecule has 2 unspecified atom stereocenters. The van der Waals surface area contributed by atoms with Gasteiger partial charge in [0.25, 0.3) is 0 Å². The molecule has 0 saturated carbocycles. The Bertz CT molecular complexity index is 912. The third-order valence-corrected chi connectivity index (χ3v) is 10.7. The van der Waals surface area contributed by atoms with Gasteiger partial charge in [0.15, 0.2) is 12.4 Å². The molecule has 4 N–H and O–H groups in total. The maximum atomic E-state index is 12.8. The van der Waals surface area contributed by atoms with E-state index >= 15 is 0 Å². The summed E-state index contributed by atoms with van der Waals surface area (Å²) in [6.45, 7) is 3.42. The summed E-state index contributed by atoms with van der Waals surface area (Å²) in [4.78, 5) is 25.3. The van der Waals surface area contributed by atoms with Crippen molar-refractivity contribution in [1.29, 1.82) is 0 Å². The molecule has 1 aliphatic rings. The molecule has 55 heavy (non-hydrogen) atoms. The first kappa shape index (κ1) is 51.5. The summed E-state index contributed by atoms with van der Waals surface area (Å²) in [6.07, 6.45) is 30.7. The van der Waals surface area contributed by atoms with Crippen molar-refractivity contribution in [3.63, 3.8) is 0 Å². The first-order chi connectivity index (χ1) is 26.8. The molecule has 10 heteroatoms. The van der Waals surface area contributed by atoms with Gasteiger partial charge in [-0.05, 0) is 38.5 Å². The number of hydrogen-bond acceptors (Lipinski definition) is 10. The Balaban J connectivity index is 2.31. The Morgan fingerprint density at radius 3 is 1.44 bits per heavy atom. The summed E-state index contributed by atoms with van der Waals surface area (Å²) >= 11 is 0. The predicted molar refractivity (Wildman–Crippen MR) is 220 cm³/mol. The van der Waals surface area contributed by atoms with E-state index in [1.54, 1.807) is 0 Å². The van der Waals surface area contributed by atoms with Gasteiger partial charge >= 0.3 is 11.9 Å². The van der Waals surface area contributed by atoms with Crippen LogP contribution in [0, 0.1) is 0 Å². The average molecular weight is 785 g/mol. The standard InChI is InChI=1S/C45H84O10/c1-3-5-7-9-11-13-15-17-18-19-20-22-24-26-28-30-32-34-41(48)54-38(37-53-45-44(51)43(50)42(49)39(35-46)55-45)36-52-40(47)33-31-29-27-25-23-21-16-14-12-10-8-6-4-2/h14,16,38-39,42-46,49-51H,3-13,15,17-37H2,1-2H3/b16-14+/t38-,39-,42+,43?,44?,45-/m1/s1. The van der Waals surface area contributed by atoms with Crippen LogP contribution in [-0.4, -0.2) is 89.0 Å². The van der Waals surface area contributed by atoms with E-state index in [2.05, 4.69) is 26.0 Å². The lowest BCUT2D eigenvalue weighted by Crippen LogP contribution is -2.59. The molecular weight excluding hydrogens is 700 g/mol. The van der Waals surface area contributed by atoms with E-state index in [4.69, 9.17) is 18.9 Å². The normalized spacial score (nSPS) is 20.6. The molecule has 0 radical (unpaired) electrons. The highest BCUT2D eigenvalue weighted by atomic mass is 16.7. The fourth-order valence-electron chi connectivity index (χ4n) is 7.01. The number of hydrogen-bond donors (Lipinski definition) is 4. The first-order valence-corrected chi connectivity index (χ1v) is 22.8. The number of unbranched alkanes of at least 4 members (excludes halogenated alkanes) is 25. The maximum absolute atomic E-state index is 12.8. The van der Waals surface area contributed by atoms with Crippen molar-refractivity contribution in [2.24, 2.45) is 0 Å². The van der Waals surface area contributed by atoms with Crippen molar-refractivity contribution < 1.29 is 49.0 Å². The summed E-state index contributed by atoms with van der Waals surface area (Å²) in [7, 11) is 0. The lowest BCUT2D eigenvalue weighted by Gasteiger charge is -2.39. The van der Waals surface area contributed by atoms with Gasteiger partial charge < -0.3 is 39.4 Å². The topological polar surface area (TPSA) is 152 Å². The molecule has 0 aliphatic carbocycles. The summed E-state index contributed by atoms with van der Waals surface area (Å²) in [5.41, 5.74) is 0. The van der Waals surface area contributed by atoms with Gasteiger partial charge in [-0.15, -0.1) is 0 Å². The quantitative estimate of drug-likeness (QED) is 0.0271. The molecule has 10 nitrogen and oxygen atoms in total. The summed E-state index contributed by atoms with van der Waals surface area (Å²) in [5.74, 6) is -0.807. The van der Waals surface area contributed by atoms with Gasteiger partial charge in [0.1, 0.15) is 31.0 Å². The molecule has 0 bridgehead atoms. The lowest BCUT2D eigenvalue weighted by molar-refractivity contribution is -0.305. The second-order valence-electron chi connectivity index (χ2n) is 15.9. The summed E-state index contributed by atoms with van der Waals surface area (Å²) in [5, 5.41) is 40.0. The Morgan fingerprint density at radius 1 is 0.545 bits per heavy atom. The number of aliphatic hydroxyl groups excluding tert-OH is 4. The lowest BCUT2D eigenvalue weighted by atomic mass is 9.99. The minimum Gasteiger partial charge on any atom is -0.462 e. The summed E-state index contributed by atoms with van der Waals surface area (Å²) in [6, 6.07) is 0. The number of carbonyl (C=O) groups is 2. The molecular formula is C45H84O10. The zero-order chi connectivity index (χ0) is 40.2. The minimum atomic E-state index is -1.59. The van der Waals surface area contributed by atoms with Gasteiger partial charge in [0.2, 0.25) is 0 Å². The monoisotopic (exact) mass is 785 g/mol. The van der Waals surface area contributed by atoms with E-state index in [0.29, 0.717) is 6.42 Å². The Hall–Kier alpha value is -1.56. The molecule has 1 aliphatic heterocycles. The maximum Gasteiger partial charge on any atom is 0.306 e. The zero-order valence-corrected chi connectivity index (χ0v) is 35.2. The molecule has 1 rings (SSSR count). The summed E-state index contributed by atoms with van der Waals surface area (Å²) < 4.78 is 22.2. The smallest absolute Gasteiger partial charge is 0.306 e. The van der Waals surface area contributed by atoms with Crippen molar-refractivity contribution in [3.05, 3.63) is 12.2 Å². The number of aliphatic hydroxyl groups is 4. The van der Waals surface area contributed by atoms with E-state index in [9.17, 15) is 30.0 Å². The van der Waals surface area contributed by atoms with Gasteiger partial charge in [0.05, 0.1) is 13.2 Å². The van der Waals surface area contributed by atoms with E-state index in [1.807, 2.05) is 0 Å². The number of ether oxygens (including phenoxy) is 4. The van der Waals surface area contributed by atoms with Gasteiger partial charge in [-0.25, -0.2) is 0 Å². The van der Waals surface area contributed by atoms with Crippen LogP contribution >= 0.6 is 0 Å². The molecule has 1 heterocycles. The van der Waals surface area contributed by atoms with Crippen LogP contribution in [0.2, 0.25) is 0 Å². The van der Waals surface area contributed by atoms with Gasteiger partial charge in [-0.1, -0.05) is 167 Å². The fourth-order valence-corrected chi connectivity index (χ4v) is 7.01. The predicted octanol–water partition coefficient (Wildman–Crippen LogP) is 9.56. The molecule has 0 spiro atoms. The largest absolute Gasteiger partial charge is 0.462 e. The average Bonchev–Trinajstić information content (AvgIpc) is 3.18. The molecule has 1 fully saturated rings. The third kappa shape index (κ3) is 28.5. The van der Waals surface area contributed by atoms with Crippen LogP contribution in [0.25, 0.3) is 0 Å². The van der Waals surface area contributed by atoms with Crippen LogP contribution in [0.15, 0.2) is 12.2 Å². The van der Waals surface area contributed by atoms with Crippen LogP contribution in [0.1, 0.15) is 206 Å². The van der Waals surface area contributed by atoms with E-state index < -0.39 is 49.4 Å². The van der Waals surface area contributed by atoms with Crippen LogP contribution < -0.4 is 0 Å². The van der Waals surface area contributed by atoms with Crippen molar-refractivity contribution >= 4 is 11.9 Å². The van der Waals surface area contributed by atoms with Crippen molar-refractivity contribution in [1.82, 2.24) is 0 Å². The van der Waals surface area contributed by atoms with E-state index in [1.165, 1.54) is 116 Å². The molecule has 0 aromatic rings. The third-order valence-electron chi connectivity index (χ3n) is 10.7. The minimum absolute atomic E-state index is 0.216. The van der Waals surface area contributed by atoms with Crippen molar-refractivity contribution in [2.75, 3.05) is 19.8 Å². The molecule has 1 saturated heterocycles. The number of rotatable bonds is 38. The highest BCUT2D eigenvalue weighted by molar-refractivity contribution is 5.70. The number of esters is 2. The fraction of sp³-hybridized carbons (Fsp3) is 0.911. The van der Waals surface area contributed by atoms with Crippen LogP contribution in [0.5, 0.6) is 0 Å². The van der Waals surface area contributed by atoms with E-state index in [0.717, 1.165) is 57.8 Å². The van der Waals surface area contributed by atoms with Gasteiger partial charge in [0, 0.05) is 12.8 Å². The molecule has 0 aromatic heterocycles. The van der Waals surface area contributed by atoms with Crippen molar-refractivity contribution in [2.45, 2.75) is 243 Å². The van der Waals surface area contributed by atoms with Crippen molar-refractivity contribution in [3.8, 4) is 0 Å². The first-order valence-electron chi connectivity index (χ1n) is 22.8. The Labute approximate surface area is 335 Å². The van der Waals surface area contributed by atoms with Crippen LogP contribution in [0.3, 0.4) is 0 Å². The van der Waals surface area contributed by atoms with Crippen LogP contribution in [0.4, 0.5) is 0 Å². The molecule has 6 atom stereocenters. The van der Waals surface area contributed by atoms with E-state index in [-0.39, 0.29) is 32.0 Å². The molecule has 0 aromatic carbocycles. The SMILES string of the molecule is CCCCCC/C=C/CCCCCCCC(=O)OC[C@H](CO[C@@H]1O[C@H](CO)[C@H](O)C(O)C1O)OC(=O)CCCCCCCCCCCCCCCCCCC.